The number of benzene rings is 1. The molecule has 24 heavy (non-hydrogen) atoms. The van der Waals surface area contributed by atoms with Gasteiger partial charge in [-0.3, -0.25) is 10.1 Å². The number of hydrogen-bond acceptors (Lipinski definition) is 9. The molecule has 0 amide bonds. The van der Waals surface area contributed by atoms with Crippen molar-refractivity contribution in [2.24, 2.45) is 0 Å². The zero-order valence-corrected chi connectivity index (χ0v) is 14.3. The first-order valence-corrected chi connectivity index (χ1v) is 8.70. The van der Waals surface area contributed by atoms with Crippen molar-refractivity contribution < 1.29 is 18.1 Å². The van der Waals surface area contributed by atoms with Crippen LogP contribution in [0.3, 0.4) is 0 Å². The summed E-state index contributed by atoms with van der Waals surface area (Å²) in [5, 5.41) is 19.4. The molecule has 0 saturated carbocycles. The number of rotatable bonds is 4. The SMILES string of the molecule is CS(=O)(=O)c1nc(N)c([N+](=O)[O-])c(Oc2cc(Br)cc(C#N)c2)n1. The third-order valence-corrected chi connectivity index (χ3v) is 3.89. The van der Waals surface area contributed by atoms with Gasteiger partial charge in [0.2, 0.25) is 15.7 Å². The average Bonchev–Trinajstić information content (AvgIpc) is 2.44. The maximum absolute atomic E-state index is 11.6. The number of ether oxygens (including phenoxy) is 1. The Morgan fingerprint density at radius 1 is 1.38 bits per heavy atom. The number of nitrogens with zero attached hydrogens (tertiary/aromatic N) is 4. The molecule has 0 aliphatic rings. The lowest BCUT2D eigenvalue weighted by atomic mass is 10.2. The summed E-state index contributed by atoms with van der Waals surface area (Å²) in [6, 6.07) is 6.10. The molecular weight excluding hydrogens is 406 g/mol. The van der Waals surface area contributed by atoms with E-state index in [2.05, 4.69) is 25.9 Å². The molecule has 1 aromatic carbocycles. The number of hydrogen-bond donors (Lipinski definition) is 1. The predicted molar refractivity (Wildman–Crippen MR) is 85.1 cm³/mol. The normalized spacial score (nSPS) is 10.9. The molecule has 1 aromatic heterocycles. The van der Waals surface area contributed by atoms with Gasteiger partial charge in [0, 0.05) is 10.7 Å². The van der Waals surface area contributed by atoms with Crippen molar-refractivity contribution in [2.75, 3.05) is 12.0 Å². The molecule has 12 heteroatoms. The second-order valence-electron chi connectivity index (χ2n) is 4.46. The molecule has 2 rings (SSSR count). The van der Waals surface area contributed by atoms with Crippen molar-refractivity contribution in [3.05, 3.63) is 38.3 Å². The summed E-state index contributed by atoms with van der Waals surface area (Å²) < 4.78 is 28.9. The van der Waals surface area contributed by atoms with Gasteiger partial charge in [-0.1, -0.05) is 15.9 Å². The number of aromatic nitrogens is 2. The summed E-state index contributed by atoms with van der Waals surface area (Å²) in [7, 11) is -3.87. The van der Waals surface area contributed by atoms with E-state index in [4.69, 9.17) is 15.7 Å². The van der Waals surface area contributed by atoms with E-state index in [1.54, 1.807) is 0 Å². The van der Waals surface area contributed by atoms with E-state index in [-0.39, 0.29) is 11.3 Å². The Balaban J connectivity index is 2.64. The molecule has 0 aliphatic carbocycles. The van der Waals surface area contributed by atoms with Crippen molar-refractivity contribution in [3.8, 4) is 17.7 Å². The van der Waals surface area contributed by atoms with Crippen molar-refractivity contribution in [2.45, 2.75) is 5.16 Å². The van der Waals surface area contributed by atoms with E-state index in [0.29, 0.717) is 4.47 Å². The minimum atomic E-state index is -3.87. The number of anilines is 1. The molecule has 0 fully saturated rings. The molecule has 2 N–H and O–H groups in total. The van der Waals surface area contributed by atoms with Crippen molar-refractivity contribution in [3.63, 3.8) is 0 Å². The summed E-state index contributed by atoms with van der Waals surface area (Å²) in [5.74, 6) is -1.27. The van der Waals surface area contributed by atoms with Crippen LogP contribution in [-0.4, -0.2) is 29.6 Å². The van der Waals surface area contributed by atoms with E-state index in [1.165, 1.54) is 18.2 Å². The first-order chi connectivity index (χ1) is 11.1. The van der Waals surface area contributed by atoms with Crippen LogP contribution >= 0.6 is 15.9 Å². The van der Waals surface area contributed by atoms with Crippen LogP contribution in [0.25, 0.3) is 0 Å². The molecule has 0 aliphatic heterocycles. The van der Waals surface area contributed by atoms with Crippen LogP contribution in [0.15, 0.2) is 27.8 Å². The van der Waals surface area contributed by atoms with Gasteiger partial charge in [0.1, 0.15) is 5.75 Å². The topological polar surface area (TPSA) is 162 Å². The largest absolute Gasteiger partial charge is 0.433 e. The molecule has 0 atom stereocenters. The van der Waals surface area contributed by atoms with Crippen LogP contribution in [0.2, 0.25) is 0 Å². The Hall–Kier alpha value is -2.78. The molecule has 10 nitrogen and oxygen atoms in total. The smallest absolute Gasteiger partial charge is 0.373 e. The first-order valence-electron chi connectivity index (χ1n) is 6.02. The van der Waals surface area contributed by atoms with Crippen LogP contribution in [0.4, 0.5) is 11.5 Å². The van der Waals surface area contributed by atoms with Gasteiger partial charge in [-0.25, -0.2) is 8.42 Å². The van der Waals surface area contributed by atoms with Gasteiger partial charge in [-0.05, 0) is 18.2 Å². The Morgan fingerprint density at radius 3 is 2.58 bits per heavy atom. The molecule has 0 bridgehead atoms. The highest BCUT2D eigenvalue weighted by molar-refractivity contribution is 9.10. The average molecular weight is 414 g/mol. The fraction of sp³-hybridized carbons (Fsp3) is 0.0833. The van der Waals surface area contributed by atoms with Crippen molar-refractivity contribution in [1.29, 1.82) is 5.26 Å². The van der Waals surface area contributed by atoms with Crippen LogP contribution in [-0.2, 0) is 9.84 Å². The van der Waals surface area contributed by atoms with E-state index in [0.717, 1.165) is 6.26 Å². The number of nitrogens with two attached hydrogens (primary N) is 1. The van der Waals surface area contributed by atoms with Gasteiger partial charge < -0.3 is 10.5 Å². The molecule has 0 spiro atoms. The van der Waals surface area contributed by atoms with Crippen LogP contribution in [0, 0.1) is 21.4 Å². The lowest BCUT2D eigenvalue weighted by molar-refractivity contribution is -0.385. The van der Waals surface area contributed by atoms with E-state index < -0.39 is 37.3 Å². The van der Waals surface area contributed by atoms with E-state index in [9.17, 15) is 18.5 Å². The zero-order valence-electron chi connectivity index (χ0n) is 11.9. The Bertz CT molecular complexity index is 986. The molecule has 0 radical (unpaired) electrons. The highest BCUT2D eigenvalue weighted by Gasteiger charge is 2.28. The standard InChI is InChI=1S/C12H8BrN5O5S/c1-24(21,22)12-16-10(15)9(18(19)20)11(17-12)23-8-3-6(5-14)2-7(13)4-8/h2-4H,1H3,(H2,15,16,17). The quantitative estimate of drug-likeness (QED) is 0.446. The van der Waals surface area contributed by atoms with Crippen molar-refractivity contribution >= 4 is 37.3 Å². The van der Waals surface area contributed by atoms with Crippen molar-refractivity contribution in [1.82, 2.24) is 9.97 Å². The molecule has 124 valence electrons. The molecule has 0 saturated heterocycles. The fourth-order valence-corrected chi connectivity index (χ4v) is 2.62. The maximum atomic E-state index is 11.6. The highest BCUT2D eigenvalue weighted by Crippen LogP contribution is 2.35. The summed E-state index contributed by atoms with van der Waals surface area (Å²) >= 11 is 3.16. The van der Waals surface area contributed by atoms with E-state index in [1.807, 2.05) is 6.07 Å². The first kappa shape index (κ1) is 17.6. The van der Waals surface area contributed by atoms with Crippen LogP contribution in [0.1, 0.15) is 5.56 Å². The third-order valence-electron chi connectivity index (χ3n) is 2.59. The number of nitriles is 1. The predicted octanol–water partition coefficient (Wildman–Crippen LogP) is 1.80. The second kappa shape index (κ2) is 6.38. The van der Waals surface area contributed by atoms with Gasteiger partial charge in [0.05, 0.1) is 16.6 Å². The summed E-state index contributed by atoms with van der Waals surface area (Å²) in [5.41, 5.74) is 4.90. The van der Waals surface area contributed by atoms with Gasteiger partial charge in [0.15, 0.2) is 0 Å². The Labute approximate surface area is 144 Å². The molecule has 1 heterocycles. The number of nitro groups is 1. The fourth-order valence-electron chi connectivity index (χ4n) is 1.64. The third kappa shape index (κ3) is 3.76. The monoisotopic (exact) mass is 413 g/mol. The highest BCUT2D eigenvalue weighted by atomic mass is 79.9. The molecular formula is C12H8BrN5O5S. The maximum Gasteiger partial charge on any atom is 0.373 e. The zero-order chi connectivity index (χ0) is 18.1. The van der Waals surface area contributed by atoms with Gasteiger partial charge in [0.25, 0.3) is 5.16 Å². The Kier molecular flexibility index (Phi) is 4.67. The second-order valence-corrected chi connectivity index (χ2v) is 7.29. The molecule has 0 unspecified atom stereocenters. The minimum Gasteiger partial charge on any atom is -0.433 e. The van der Waals surface area contributed by atoms with Gasteiger partial charge in [-0.2, -0.15) is 15.2 Å². The lowest BCUT2D eigenvalue weighted by Gasteiger charge is -2.08. The summed E-state index contributed by atoms with van der Waals surface area (Å²) in [6.45, 7) is 0. The number of halogens is 1. The number of nitrogen functional groups attached to an aromatic ring is 1. The van der Waals surface area contributed by atoms with Gasteiger partial charge >= 0.3 is 11.6 Å². The van der Waals surface area contributed by atoms with Gasteiger partial charge in [-0.15, -0.1) is 0 Å². The Morgan fingerprint density at radius 2 is 2.04 bits per heavy atom. The lowest BCUT2D eigenvalue weighted by Crippen LogP contribution is -2.10. The van der Waals surface area contributed by atoms with Crippen LogP contribution < -0.4 is 10.5 Å². The summed E-state index contributed by atoms with van der Waals surface area (Å²) in [6.07, 6.45) is 0.824. The van der Waals surface area contributed by atoms with E-state index >= 15 is 0 Å². The number of sulfone groups is 1. The minimum absolute atomic E-state index is 0.0292. The summed E-state index contributed by atoms with van der Waals surface area (Å²) in [4.78, 5) is 17.2. The van der Waals surface area contributed by atoms with Crippen LogP contribution in [0.5, 0.6) is 11.6 Å². The molecule has 2 aromatic rings.